The van der Waals surface area contributed by atoms with E-state index in [0.717, 1.165) is 66.2 Å². The van der Waals surface area contributed by atoms with E-state index in [1.54, 1.807) is 31.2 Å². The summed E-state index contributed by atoms with van der Waals surface area (Å²) in [5, 5.41) is 9.11. The second-order valence-corrected chi connectivity index (χ2v) is 11.6. The molecule has 2 saturated heterocycles. The smallest absolute Gasteiger partial charge is 0.338 e. The number of methoxy groups -OCH3 is 1. The molecule has 2 aliphatic rings. The number of carbonyl (C=O) groups excluding carboxylic acids is 1. The first-order valence-electron chi connectivity index (χ1n) is 14.3. The summed E-state index contributed by atoms with van der Waals surface area (Å²) in [6.07, 6.45) is 6.03. The third kappa shape index (κ3) is 11.0. The van der Waals surface area contributed by atoms with E-state index in [1.165, 1.54) is 7.11 Å². The van der Waals surface area contributed by atoms with Crippen LogP contribution in [0.5, 0.6) is 11.5 Å². The average molecular weight is 732 g/mol. The number of carboxylic acid groups (broad SMARTS) is 1. The van der Waals surface area contributed by atoms with Gasteiger partial charge in [-0.05, 0) is 108 Å². The number of carboxylic acids is 1. The van der Waals surface area contributed by atoms with Gasteiger partial charge in [0, 0.05) is 24.3 Å². The summed E-state index contributed by atoms with van der Waals surface area (Å²) in [6, 6.07) is 6.72. The molecular weight excluding hydrogens is 692 g/mol. The maximum atomic E-state index is 11.7. The van der Waals surface area contributed by atoms with Crippen LogP contribution in [0.25, 0.3) is 0 Å². The fraction of sp³-hybridized carbons (Fsp3) is 0.548. The lowest BCUT2D eigenvalue weighted by molar-refractivity contribution is -0.165. The number of halogens is 2. The van der Waals surface area contributed by atoms with E-state index in [-0.39, 0.29) is 24.1 Å². The van der Waals surface area contributed by atoms with Gasteiger partial charge in [-0.25, -0.2) is 9.59 Å². The van der Waals surface area contributed by atoms with Crippen LogP contribution in [0.15, 0.2) is 33.2 Å². The zero-order valence-electron chi connectivity index (χ0n) is 24.8. The molecule has 0 radical (unpaired) electrons. The van der Waals surface area contributed by atoms with Crippen molar-refractivity contribution in [2.75, 3.05) is 46.8 Å². The lowest BCUT2D eigenvalue weighted by Crippen LogP contribution is -2.24. The molecule has 0 bridgehead atoms. The van der Waals surface area contributed by atoms with Crippen molar-refractivity contribution < 1.29 is 47.9 Å². The number of ether oxygens (including phenoxy) is 7. The van der Waals surface area contributed by atoms with E-state index in [2.05, 4.69) is 31.9 Å². The second kappa shape index (κ2) is 18.6. The zero-order chi connectivity index (χ0) is 31.2. The van der Waals surface area contributed by atoms with Crippen LogP contribution in [0, 0.1) is 13.8 Å². The predicted octanol–water partition coefficient (Wildman–Crippen LogP) is 6.84. The van der Waals surface area contributed by atoms with Crippen molar-refractivity contribution in [1.82, 2.24) is 0 Å². The SMILES string of the molecule is COC(=O)c1ccc(Br)c(OCCOC2CCCCO2)c1C.Cc1c(C(=O)O)ccc(Br)c1OCCOC1CCCCO1. The fourth-order valence-corrected chi connectivity index (χ4v) is 5.65. The van der Waals surface area contributed by atoms with Gasteiger partial charge in [-0.15, -0.1) is 0 Å². The van der Waals surface area contributed by atoms with Gasteiger partial charge in [0.05, 0.1) is 40.4 Å². The Morgan fingerprint density at radius 1 is 0.767 bits per heavy atom. The minimum absolute atomic E-state index is 0.122. The van der Waals surface area contributed by atoms with Crippen LogP contribution in [-0.2, 0) is 23.7 Å². The van der Waals surface area contributed by atoms with Crippen molar-refractivity contribution in [2.45, 2.75) is 65.0 Å². The van der Waals surface area contributed by atoms with Gasteiger partial charge in [-0.2, -0.15) is 0 Å². The highest BCUT2D eigenvalue weighted by Crippen LogP contribution is 2.32. The Balaban J connectivity index is 0.000000236. The van der Waals surface area contributed by atoms with Gasteiger partial charge in [-0.3, -0.25) is 0 Å². The zero-order valence-corrected chi connectivity index (χ0v) is 28.0. The molecule has 1 N–H and O–H groups in total. The van der Waals surface area contributed by atoms with Crippen LogP contribution in [-0.4, -0.2) is 76.4 Å². The van der Waals surface area contributed by atoms with Gasteiger partial charge in [0.25, 0.3) is 0 Å². The molecule has 0 amide bonds. The van der Waals surface area contributed by atoms with Crippen molar-refractivity contribution >= 4 is 43.8 Å². The van der Waals surface area contributed by atoms with Crippen LogP contribution < -0.4 is 9.47 Å². The van der Waals surface area contributed by atoms with Crippen LogP contribution >= 0.6 is 31.9 Å². The minimum atomic E-state index is -0.961. The van der Waals surface area contributed by atoms with Crippen LogP contribution in [0.2, 0.25) is 0 Å². The van der Waals surface area contributed by atoms with Crippen LogP contribution in [0.1, 0.15) is 70.4 Å². The molecule has 12 heteroatoms. The summed E-state index contributed by atoms with van der Waals surface area (Å²) in [7, 11) is 1.36. The lowest BCUT2D eigenvalue weighted by atomic mass is 10.1. The largest absolute Gasteiger partial charge is 0.490 e. The second-order valence-electron chi connectivity index (χ2n) is 9.93. The molecule has 2 heterocycles. The molecule has 43 heavy (non-hydrogen) atoms. The van der Waals surface area contributed by atoms with Gasteiger partial charge in [0.15, 0.2) is 12.6 Å². The third-order valence-electron chi connectivity index (χ3n) is 6.89. The highest BCUT2D eigenvalue weighted by atomic mass is 79.9. The Hall–Kier alpha value is -2.22. The molecular formula is C31H40Br2O10. The summed E-state index contributed by atoms with van der Waals surface area (Å²) in [5.41, 5.74) is 2.09. The van der Waals surface area contributed by atoms with Crippen molar-refractivity contribution in [1.29, 1.82) is 0 Å². The first-order chi connectivity index (χ1) is 20.7. The highest BCUT2D eigenvalue weighted by Gasteiger charge is 2.18. The van der Waals surface area contributed by atoms with Crippen molar-refractivity contribution in [3.05, 3.63) is 55.5 Å². The van der Waals surface area contributed by atoms with E-state index >= 15 is 0 Å². The predicted molar refractivity (Wildman–Crippen MR) is 166 cm³/mol. The molecule has 0 aromatic heterocycles. The minimum Gasteiger partial charge on any atom is -0.490 e. The molecule has 2 aliphatic heterocycles. The molecule has 4 rings (SSSR count). The normalized spacial score (nSPS) is 18.3. The number of hydrogen-bond donors (Lipinski definition) is 1. The van der Waals surface area contributed by atoms with Crippen LogP contribution in [0.4, 0.5) is 0 Å². The third-order valence-corrected chi connectivity index (χ3v) is 8.14. The molecule has 238 valence electrons. The molecule has 0 spiro atoms. The molecule has 2 aromatic rings. The molecule has 0 aliphatic carbocycles. The number of rotatable bonds is 12. The monoisotopic (exact) mass is 730 g/mol. The number of aromatic carboxylic acids is 1. The molecule has 2 atom stereocenters. The number of carbonyl (C=O) groups is 2. The first-order valence-corrected chi connectivity index (χ1v) is 15.9. The fourth-order valence-electron chi connectivity index (χ4n) is 4.57. The number of esters is 1. The molecule has 2 fully saturated rings. The Kier molecular flexibility index (Phi) is 15.2. The summed E-state index contributed by atoms with van der Waals surface area (Å²) in [4.78, 5) is 22.8. The standard InChI is InChI=1S/C16H21BrO5.C15H19BrO5/c1-11-12(16(18)19-2)6-7-13(17)15(11)22-10-9-21-14-5-3-4-8-20-14;1-10-11(15(17)18)5-6-12(16)14(10)21-9-8-20-13-4-2-3-7-19-13/h6-7,14H,3-5,8-10H2,1-2H3;5-6,13H,2-4,7-9H2,1H3,(H,17,18). The van der Waals surface area contributed by atoms with Gasteiger partial charge in [-0.1, -0.05) is 0 Å². The first kappa shape index (κ1) is 35.3. The Labute approximate surface area is 269 Å². The van der Waals surface area contributed by atoms with E-state index < -0.39 is 5.97 Å². The number of hydrogen-bond acceptors (Lipinski definition) is 9. The molecule has 0 saturated carbocycles. The van der Waals surface area contributed by atoms with Gasteiger partial charge < -0.3 is 38.3 Å². The summed E-state index contributed by atoms with van der Waals surface area (Å²) < 4.78 is 39.9. The number of benzene rings is 2. The van der Waals surface area contributed by atoms with Gasteiger partial charge in [0.1, 0.15) is 24.7 Å². The topological polar surface area (TPSA) is 119 Å². The molecule has 10 nitrogen and oxygen atoms in total. The average Bonchev–Trinajstić information content (AvgIpc) is 3.01. The van der Waals surface area contributed by atoms with E-state index in [4.69, 9.17) is 38.3 Å². The maximum absolute atomic E-state index is 11.7. The van der Waals surface area contributed by atoms with Gasteiger partial charge in [0.2, 0.25) is 0 Å². The van der Waals surface area contributed by atoms with Crippen molar-refractivity contribution in [3.8, 4) is 11.5 Å². The highest BCUT2D eigenvalue weighted by molar-refractivity contribution is 9.10. The van der Waals surface area contributed by atoms with E-state index in [9.17, 15) is 9.59 Å². The van der Waals surface area contributed by atoms with Gasteiger partial charge >= 0.3 is 11.9 Å². The van der Waals surface area contributed by atoms with E-state index in [1.807, 2.05) is 6.92 Å². The summed E-state index contributed by atoms with van der Waals surface area (Å²) in [5.74, 6) is -0.155. The summed E-state index contributed by atoms with van der Waals surface area (Å²) in [6.45, 7) is 6.67. The maximum Gasteiger partial charge on any atom is 0.338 e. The molecule has 2 unspecified atom stereocenters. The Bertz CT molecular complexity index is 1190. The van der Waals surface area contributed by atoms with Crippen molar-refractivity contribution in [2.24, 2.45) is 0 Å². The van der Waals surface area contributed by atoms with E-state index in [0.29, 0.717) is 49.1 Å². The summed E-state index contributed by atoms with van der Waals surface area (Å²) >= 11 is 6.81. The lowest BCUT2D eigenvalue weighted by Gasteiger charge is -2.22. The quantitative estimate of drug-likeness (QED) is 0.184. The van der Waals surface area contributed by atoms with Crippen LogP contribution in [0.3, 0.4) is 0 Å². The van der Waals surface area contributed by atoms with Crippen molar-refractivity contribution in [3.63, 3.8) is 0 Å². The molecule has 2 aromatic carbocycles. The Morgan fingerprint density at radius 3 is 1.65 bits per heavy atom. The Morgan fingerprint density at radius 2 is 1.23 bits per heavy atom.